The van der Waals surface area contributed by atoms with Gasteiger partial charge in [0.1, 0.15) is 12.1 Å². The second-order valence-corrected chi connectivity index (χ2v) is 3.67. The Morgan fingerprint density at radius 1 is 1.19 bits per heavy atom. The number of rotatable bonds is 4. The molecular weight excluding hydrogens is 222 g/mol. The van der Waals surface area contributed by atoms with Gasteiger partial charge in [0.25, 0.3) is 0 Å². The molecule has 0 bridgehead atoms. The average Bonchev–Trinajstić information content (AvgIpc) is 2.38. The lowest BCUT2D eigenvalue weighted by molar-refractivity contribution is 1.08. The van der Waals surface area contributed by atoms with Crippen molar-refractivity contribution in [1.29, 1.82) is 0 Å². The highest BCUT2D eigenvalue weighted by Gasteiger charge is 1.96. The Kier molecular flexibility index (Phi) is 3.72. The zero-order chi connectivity index (χ0) is 11.2. The smallest absolute Gasteiger partial charge is 0.129 e. The van der Waals surface area contributed by atoms with E-state index in [-0.39, 0.29) is 0 Å². The molecule has 2 aromatic rings. The monoisotopic (exact) mass is 233 g/mol. The maximum atomic E-state index is 5.78. The normalized spacial score (nSPS) is 10.1. The second-order valence-electron chi connectivity index (χ2n) is 3.40. The standard InChI is InChI=1S/C12H12ClN3/c13-7-10-2-1-3-11(6-10)8-15-12-4-5-14-9-16-12/h1-6,9H,7-8H2,(H,14,15,16). The lowest BCUT2D eigenvalue weighted by Gasteiger charge is -2.06. The summed E-state index contributed by atoms with van der Waals surface area (Å²) in [5.41, 5.74) is 2.32. The molecule has 0 aliphatic heterocycles. The van der Waals surface area contributed by atoms with Crippen LogP contribution in [0.4, 0.5) is 5.82 Å². The number of anilines is 1. The van der Waals surface area contributed by atoms with Gasteiger partial charge in [-0.1, -0.05) is 24.3 Å². The molecule has 2 rings (SSSR count). The number of hydrogen-bond donors (Lipinski definition) is 1. The first-order valence-corrected chi connectivity index (χ1v) is 5.55. The molecule has 1 heterocycles. The van der Waals surface area contributed by atoms with Crippen molar-refractivity contribution in [1.82, 2.24) is 9.97 Å². The molecule has 1 aromatic carbocycles. The third kappa shape index (κ3) is 2.94. The summed E-state index contributed by atoms with van der Waals surface area (Å²) in [6, 6.07) is 10.0. The van der Waals surface area contributed by atoms with E-state index in [1.54, 1.807) is 6.20 Å². The van der Waals surface area contributed by atoms with Crippen molar-refractivity contribution in [3.63, 3.8) is 0 Å². The van der Waals surface area contributed by atoms with Crippen molar-refractivity contribution in [2.24, 2.45) is 0 Å². The van der Waals surface area contributed by atoms with Crippen molar-refractivity contribution >= 4 is 17.4 Å². The molecule has 0 aliphatic rings. The highest BCUT2D eigenvalue weighted by molar-refractivity contribution is 6.17. The van der Waals surface area contributed by atoms with Crippen LogP contribution in [0.1, 0.15) is 11.1 Å². The van der Waals surface area contributed by atoms with Gasteiger partial charge in [-0.05, 0) is 17.2 Å². The van der Waals surface area contributed by atoms with Crippen LogP contribution in [0.2, 0.25) is 0 Å². The van der Waals surface area contributed by atoms with Gasteiger partial charge in [0.05, 0.1) is 0 Å². The lowest BCUT2D eigenvalue weighted by atomic mass is 10.1. The predicted molar refractivity (Wildman–Crippen MR) is 65.4 cm³/mol. The lowest BCUT2D eigenvalue weighted by Crippen LogP contribution is -2.01. The van der Waals surface area contributed by atoms with Gasteiger partial charge in [-0.15, -0.1) is 11.6 Å². The third-order valence-electron chi connectivity index (χ3n) is 2.20. The summed E-state index contributed by atoms with van der Waals surface area (Å²) in [5, 5.41) is 3.22. The highest BCUT2D eigenvalue weighted by Crippen LogP contribution is 2.09. The van der Waals surface area contributed by atoms with Gasteiger partial charge in [0, 0.05) is 18.6 Å². The Labute approximate surface area is 99.5 Å². The maximum absolute atomic E-state index is 5.78. The largest absolute Gasteiger partial charge is 0.366 e. The summed E-state index contributed by atoms with van der Waals surface area (Å²) in [5.74, 6) is 1.37. The van der Waals surface area contributed by atoms with Crippen LogP contribution < -0.4 is 5.32 Å². The van der Waals surface area contributed by atoms with Gasteiger partial charge in [-0.25, -0.2) is 9.97 Å². The summed E-state index contributed by atoms with van der Waals surface area (Å²) >= 11 is 5.78. The maximum Gasteiger partial charge on any atom is 0.129 e. The minimum absolute atomic E-state index is 0.543. The number of benzene rings is 1. The van der Waals surface area contributed by atoms with E-state index in [1.807, 2.05) is 18.2 Å². The number of nitrogens with zero attached hydrogens (tertiary/aromatic N) is 2. The Morgan fingerprint density at radius 2 is 2.06 bits per heavy atom. The molecule has 0 radical (unpaired) electrons. The fourth-order valence-electron chi connectivity index (χ4n) is 1.41. The first-order valence-electron chi connectivity index (χ1n) is 5.02. The number of hydrogen-bond acceptors (Lipinski definition) is 3. The molecule has 0 fully saturated rings. The molecule has 0 atom stereocenters. The Hall–Kier alpha value is -1.61. The molecule has 0 saturated carbocycles. The van der Waals surface area contributed by atoms with Crippen LogP contribution in [0.5, 0.6) is 0 Å². The number of aromatic nitrogens is 2. The quantitative estimate of drug-likeness (QED) is 0.826. The van der Waals surface area contributed by atoms with Crippen LogP contribution in [0, 0.1) is 0 Å². The minimum atomic E-state index is 0.543. The molecule has 4 heteroatoms. The third-order valence-corrected chi connectivity index (χ3v) is 2.51. The van der Waals surface area contributed by atoms with E-state index in [0.29, 0.717) is 5.88 Å². The SMILES string of the molecule is ClCc1cccc(CNc2ccncn2)c1. The minimum Gasteiger partial charge on any atom is -0.366 e. The van der Waals surface area contributed by atoms with E-state index in [1.165, 1.54) is 11.9 Å². The van der Waals surface area contributed by atoms with E-state index in [0.717, 1.165) is 17.9 Å². The molecule has 0 saturated heterocycles. The summed E-state index contributed by atoms with van der Waals surface area (Å²) in [6.45, 7) is 0.738. The molecule has 16 heavy (non-hydrogen) atoms. The van der Waals surface area contributed by atoms with E-state index in [9.17, 15) is 0 Å². The van der Waals surface area contributed by atoms with E-state index in [2.05, 4.69) is 27.4 Å². The summed E-state index contributed by atoms with van der Waals surface area (Å²) in [7, 11) is 0. The highest BCUT2D eigenvalue weighted by atomic mass is 35.5. The van der Waals surface area contributed by atoms with Crippen molar-refractivity contribution in [2.45, 2.75) is 12.4 Å². The molecule has 0 amide bonds. The van der Waals surface area contributed by atoms with Gasteiger partial charge in [0.2, 0.25) is 0 Å². The molecular formula is C12H12ClN3. The fourth-order valence-corrected chi connectivity index (χ4v) is 1.58. The van der Waals surface area contributed by atoms with Gasteiger partial charge < -0.3 is 5.32 Å². The van der Waals surface area contributed by atoms with Gasteiger partial charge in [-0.3, -0.25) is 0 Å². The molecule has 82 valence electrons. The second kappa shape index (κ2) is 5.47. The molecule has 0 spiro atoms. The van der Waals surface area contributed by atoms with Crippen molar-refractivity contribution in [3.05, 3.63) is 54.0 Å². The number of nitrogens with one attached hydrogen (secondary N) is 1. The fraction of sp³-hybridized carbons (Fsp3) is 0.167. The molecule has 1 N–H and O–H groups in total. The van der Waals surface area contributed by atoms with Gasteiger partial charge in [0.15, 0.2) is 0 Å². The van der Waals surface area contributed by atoms with Crippen molar-refractivity contribution < 1.29 is 0 Å². The Balaban J connectivity index is 1.99. The van der Waals surface area contributed by atoms with Crippen LogP contribution in [0.25, 0.3) is 0 Å². The molecule has 1 aromatic heterocycles. The first kappa shape index (κ1) is 10.9. The Bertz CT molecular complexity index is 445. The van der Waals surface area contributed by atoms with Crippen LogP contribution in [0.3, 0.4) is 0 Å². The van der Waals surface area contributed by atoms with Crippen LogP contribution in [-0.2, 0) is 12.4 Å². The van der Waals surface area contributed by atoms with Crippen LogP contribution >= 0.6 is 11.6 Å². The number of halogens is 1. The predicted octanol–water partition coefficient (Wildman–Crippen LogP) is 2.83. The summed E-state index contributed by atoms with van der Waals surface area (Å²) in [4.78, 5) is 7.95. The van der Waals surface area contributed by atoms with E-state index in [4.69, 9.17) is 11.6 Å². The molecule has 0 unspecified atom stereocenters. The van der Waals surface area contributed by atoms with Crippen molar-refractivity contribution in [2.75, 3.05) is 5.32 Å². The topological polar surface area (TPSA) is 37.8 Å². The van der Waals surface area contributed by atoms with E-state index < -0.39 is 0 Å². The molecule has 3 nitrogen and oxygen atoms in total. The van der Waals surface area contributed by atoms with Gasteiger partial charge >= 0.3 is 0 Å². The van der Waals surface area contributed by atoms with Crippen LogP contribution in [0.15, 0.2) is 42.9 Å². The van der Waals surface area contributed by atoms with Gasteiger partial charge in [-0.2, -0.15) is 0 Å². The van der Waals surface area contributed by atoms with E-state index >= 15 is 0 Å². The summed E-state index contributed by atoms with van der Waals surface area (Å²) < 4.78 is 0. The van der Waals surface area contributed by atoms with Crippen LogP contribution in [-0.4, -0.2) is 9.97 Å². The molecule has 0 aliphatic carbocycles. The number of alkyl halides is 1. The zero-order valence-electron chi connectivity index (χ0n) is 8.73. The zero-order valence-corrected chi connectivity index (χ0v) is 9.48. The Morgan fingerprint density at radius 3 is 2.81 bits per heavy atom. The average molecular weight is 234 g/mol. The van der Waals surface area contributed by atoms with Crippen molar-refractivity contribution in [3.8, 4) is 0 Å². The summed E-state index contributed by atoms with van der Waals surface area (Å²) in [6.07, 6.45) is 3.24. The first-order chi connectivity index (χ1) is 7.88.